The number of allylic oxidation sites excluding steroid dienone is 4. The summed E-state index contributed by atoms with van der Waals surface area (Å²) in [5.74, 6) is -2.91. The molecule has 12 heteroatoms. The van der Waals surface area contributed by atoms with Crippen LogP contribution in [0.3, 0.4) is 0 Å². The fraction of sp³-hybridized carbons (Fsp3) is 0.292. The maximum atomic E-state index is 14.7. The number of alkyl halides is 3. The lowest BCUT2D eigenvalue weighted by molar-refractivity contribution is -0.148. The summed E-state index contributed by atoms with van der Waals surface area (Å²) in [4.78, 5) is 26.4. The zero-order chi connectivity index (χ0) is 26.0. The first kappa shape index (κ1) is 25.0. The minimum Gasteiger partial charge on any atom is -0.329 e. The number of fused-ring (bicyclic) bond motifs is 1. The van der Waals surface area contributed by atoms with Gasteiger partial charge < -0.3 is 9.47 Å². The van der Waals surface area contributed by atoms with Crippen LogP contribution in [-0.2, 0) is 23.9 Å². The van der Waals surface area contributed by atoms with Crippen molar-refractivity contribution in [3.8, 4) is 0 Å². The van der Waals surface area contributed by atoms with Crippen LogP contribution >= 0.6 is 0 Å². The van der Waals surface area contributed by atoms with Crippen molar-refractivity contribution in [2.75, 3.05) is 6.54 Å². The Morgan fingerprint density at radius 2 is 2.06 bits per heavy atom. The van der Waals surface area contributed by atoms with E-state index in [0.717, 1.165) is 10.6 Å². The van der Waals surface area contributed by atoms with Crippen LogP contribution in [0.4, 0.5) is 17.6 Å². The van der Waals surface area contributed by atoms with Gasteiger partial charge in [-0.25, -0.2) is 9.82 Å². The Balaban J connectivity index is 1.53. The molecule has 2 aliphatic heterocycles. The molecule has 2 amide bonds. The second-order valence-electron chi connectivity index (χ2n) is 8.44. The van der Waals surface area contributed by atoms with Gasteiger partial charge in [0.2, 0.25) is 5.82 Å². The number of rotatable bonds is 5. The van der Waals surface area contributed by atoms with Crippen molar-refractivity contribution >= 4 is 17.5 Å². The van der Waals surface area contributed by atoms with Crippen molar-refractivity contribution in [2.24, 2.45) is 5.10 Å². The predicted octanol–water partition coefficient (Wildman–Crippen LogP) is 3.74. The van der Waals surface area contributed by atoms with Crippen LogP contribution in [0.2, 0.25) is 0 Å². The summed E-state index contributed by atoms with van der Waals surface area (Å²) in [6, 6.07) is 3.31. The van der Waals surface area contributed by atoms with E-state index >= 15 is 0 Å². The average molecular weight is 502 g/mol. The summed E-state index contributed by atoms with van der Waals surface area (Å²) in [6.45, 7) is 4.78. The van der Waals surface area contributed by atoms with Gasteiger partial charge in [0.15, 0.2) is 5.82 Å². The third-order valence-corrected chi connectivity index (χ3v) is 5.78. The van der Waals surface area contributed by atoms with Gasteiger partial charge in [-0.1, -0.05) is 36.9 Å². The van der Waals surface area contributed by atoms with E-state index in [-0.39, 0.29) is 43.2 Å². The quantitative estimate of drug-likeness (QED) is 0.383. The first-order valence-corrected chi connectivity index (χ1v) is 11.0. The number of aromatic nitrogens is 3. The Labute approximate surface area is 203 Å². The monoisotopic (exact) mass is 502 g/mol. The Morgan fingerprint density at radius 1 is 1.28 bits per heavy atom. The van der Waals surface area contributed by atoms with Crippen molar-refractivity contribution in [1.82, 2.24) is 25.1 Å². The molecule has 8 nitrogen and oxygen atoms in total. The second-order valence-corrected chi connectivity index (χ2v) is 8.44. The molecule has 0 saturated heterocycles. The first-order chi connectivity index (χ1) is 17.1. The fourth-order valence-electron chi connectivity index (χ4n) is 4.16. The van der Waals surface area contributed by atoms with Gasteiger partial charge in [-0.15, -0.1) is 10.2 Å². The van der Waals surface area contributed by atoms with Crippen LogP contribution in [0.15, 0.2) is 59.8 Å². The van der Waals surface area contributed by atoms with Gasteiger partial charge in [0.05, 0.1) is 18.2 Å². The van der Waals surface area contributed by atoms with Gasteiger partial charge in [-0.2, -0.15) is 18.3 Å². The topological polar surface area (TPSA) is 92.5 Å². The highest BCUT2D eigenvalue weighted by Gasteiger charge is 2.42. The van der Waals surface area contributed by atoms with Crippen LogP contribution in [0.1, 0.15) is 47.0 Å². The molecule has 1 aromatic carbocycles. The Morgan fingerprint density at radius 3 is 2.78 bits per heavy atom. The maximum absolute atomic E-state index is 14.7. The molecule has 2 aromatic rings. The van der Waals surface area contributed by atoms with Crippen molar-refractivity contribution in [1.29, 1.82) is 0 Å². The number of hydrogen-bond donors (Lipinski definition) is 1. The van der Waals surface area contributed by atoms with Gasteiger partial charge in [0.1, 0.15) is 5.82 Å². The van der Waals surface area contributed by atoms with Crippen molar-refractivity contribution in [3.63, 3.8) is 0 Å². The average Bonchev–Trinajstić information content (AvgIpc) is 3.27. The summed E-state index contributed by atoms with van der Waals surface area (Å²) in [7, 11) is 0. The molecule has 188 valence electrons. The molecule has 1 N–H and O–H groups in total. The number of carbonyl (C=O) groups excluding carboxylic acids is 2. The lowest BCUT2D eigenvalue weighted by atomic mass is 9.98. The molecular weight excluding hydrogens is 480 g/mol. The minimum atomic E-state index is -4.68. The van der Waals surface area contributed by atoms with E-state index in [0.29, 0.717) is 16.8 Å². The van der Waals surface area contributed by atoms with Crippen LogP contribution in [0.25, 0.3) is 0 Å². The molecule has 1 aromatic heterocycles. The van der Waals surface area contributed by atoms with Crippen molar-refractivity contribution in [3.05, 3.63) is 83.2 Å². The van der Waals surface area contributed by atoms with Crippen LogP contribution in [-0.4, -0.2) is 43.7 Å². The maximum Gasteiger partial charge on any atom is 0.451 e. The zero-order valence-electron chi connectivity index (χ0n) is 19.2. The summed E-state index contributed by atoms with van der Waals surface area (Å²) >= 11 is 0. The van der Waals surface area contributed by atoms with E-state index in [1.165, 1.54) is 24.0 Å². The summed E-state index contributed by atoms with van der Waals surface area (Å²) in [6.07, 6.45) is 2.43. The molecular formula is C24H22F4N6O2. The standard InChI is InChI=1S/C24H22F4N6O2/c1-3-4-5-6-16-11-17(29-31-21(16)35)9-15-7-8-19(25)18(10-15)22(36)33-12-14(2)34-20(13-33)30-32-23(34)24(26,27)28/h3-8,10,14H,1,9,11-13H2,2H3,(H,31,35)/b5-4-,16-6+. The van der Waals surface area contributed by atoms with E-state index in [1.807, 2.05) is 0 Å². The molecule has 1 atom stereocenters. The Bertz CT molecular complexity index is 1310. The van der Waals surface area contributed by atoms with Gasteiger partial charge >= 0.3 is 6.18 Å². The number of hydrazone groups is 1. The Kier molecular flexibility index (Phi) is 6.86. The van der Waals surface area contributed by atoms with Crippen LogP contribution in [0.5, 0.6) is 0 Å². The number of hydrogen-bond acceptors (Lipinski definition) is 5. The number of amides is 2. The van der Waals surface area contributed by atoms with E-state index in [4.69, 9.17) is 0 Å². The SMILES string of the molecule is C=C/C=C\C=C1/CC(Cc2ccc(F)c(C(=O)N3Cc4nnc(C(F)(F)F)n4C(C)C3)c2)=NNC1=O. The minimum absolute atomic E-state index is 0.0249. The normalized spacial score (nSPS) is 19.3. The van der Waals surface area contributed by atoms with Gasteiger partial charge in [-0.05, 0) is 24.6 Å². The largest absolute Gasteiger partial charge is 0.451 e. The van der Waals surface area contributed by atoms with Gasteiger partial charge in [-0.3, -0.25) is 9.59 Å². The lowest BCUT2D eigenvalue weighted by Gasteiger charge is -2.33. The highest BCUT2D eigenvalue weighted by atomic mass is 19.4. The van der Waals surface area contributed by atoms with E-state index in [9.17, 15) is 27.2 Å². The number of nitrogens with zero attached hydrogens (tertiary/aromatic N) is 5. The van der Waals surface area contributed by atoms with Crippen molar-refractivity contribution in [2.45, 2.75) is 38.5 Å². The number of carbonyl (C=O) groups is 2. The second kappa shape index (κ2) is 9.88. The molecule has 0 spiro atoms. The number of halogens is 4. The highest BCUT2D eigenvalue weighted by molar-refractivity contribution is 6.04. The van der Waals surface area contributed by atoms with Gasteiger partial charge in [0, 0.05) is 30.7 Å². The molecule has 0 aliphatic carbocycles. The molecule has 0 bridgehead atoms. The third kappa shape index (κ3) is 5.11. The van der Waals surface area contributed by atoms with E-state index < -0.39 is 29.8 Å². The summed E-state index contributed by atoms with van der Waals surface area (Å²) < 4.78 is 55.3. The molecule has 4 rings (SSSR count). The Hall–Kier alpha value is -4.09. The molecule has 36 heavy (non-hydrogen) atoms. The van der Waals surface area contributed by atoms with Crippen LogP contribution in [0, 0.1) is 5.82 Å². The zero-order valence-corrected chi connectivity index (χ0v) is 19.2. The molecule has 0 radical (unpaired) electrons. The molecule has 1 unspecified atom stereocenters. The highest BCUT2D eigenvalue weighted by Crippen LogP contribution is 2.33. The molecule has 2 aliphatic rings. The lowest BCUT2D eigenvalue weighted by Crippen LogP contribution is -2.41. The van der Waals surface area contributed by atoms with Gasteiger partial charge in [0.25, 0.3) is 11.8 Å². The predicted molar refractivity (Wildman–Crippen MR) is 122 cm³/mol. The molecule has 3 heterocycles. The summed E-state index contributed by atoms with van der Waals surface area (Å²) in [5, 5.41) is 10.9. The number of nitrogens with one attached hydrogen (secondary N) is 1. The molecule has 0 fully saturated rings. The fourth-order valence-corrected chi connectivity index (χ4v) is 4.16. The van der Waals surface area contributed by atoms with E-state index in [2.05, 4.69) is 27.3 Å². The van der Waals surface area contributed by atoms with Crippen molar-refractivity contribution < 1.29 is 27.2 Å². The third-order valence-electron chi connectivity index (χ3n) is 5.78. The number of benzene rings is 1. The first-order valence-electron chi connectivity index (χ1n) is 11.0. The molecule has 0 saturated carbocycles. The smallest absolute Gasteiger partial charge is 0.329 e. The van der Waals surface area contributed by atoms with E-state index in [1.54, 1.807) is 24.3 Å². The van der Waals surface area contributed by atoms with Crippen LogP contribution < -0.4 is 5.43 Å². The summed E-state index contributed by atoms with van der Waals surface area (Å²) in [5.41, 5.74) is 3.90.